The van der Waals surface area contributed by atoms with Crippen molar-refractivity contribution in [3.05, 3.63) is 142 Å². The molecule has 306 valence electrons. The second kappa shape index (κ2) is 18.0. The molecule has 0 aromatic heterocycles. The van der Waals surface area contributed by atoms with Gasteiger partial charge in [0.05, 0.1) is 27.9 Å². The molecule has 0 saturated carbocycles. The Morgan fingerprint density at radius 1 is 0.737 bits per heavy atom. The highest BCUT2D eigenvalue weighted by atomic mass is 32.2. The monoisotopic (exact) mass is 812 g/mol. The first-order chi connectivity index (χ1) is 26.5. The predicted octanol–water partition coefficient (Wildman–Crippen LogP) is 8.74. The van der Waals surface area contributed by atoms with E-state index in [1.807, 2.05) is 91.0 Å². The summed E-state index contributed by atoms with van der Waals surface area (Å²) in [5.74, 6) is -2.40. The number of halogens is 3. The zero-order valence-corrected chi connectivity index (χ0v) is 33.4. The summed E-state index contributed by atoms with van der Waals surface area (Å²) in [6, 6.07) is 28.4. The van der Waals surface area contributed by atoms with Crippen molar-refractivity contribution in [2.24, 2.45) is 5.92 Å². The van der Waals surface area contributed by atoms with Crippen molar-refractivity contribution in [2.45, 2.75) is 94.7 Å². The number of hydrogen-bond donors (Lipinski definition) is 1. The minimum atomic E-state index is -5.22. The molecular formula is C42H47F3N2O9S. The van der Waals surface area contributed by atoms with Gasteiger partial charge in [-0.3, -0.25) is 29.2 Å². The van der Waals surface area contributed by atoms with Crippen LogP contribution in [0.2, 0.25) is 0 Å². The third-order valence-electron chi connectivity index (χ3n) is 8.66. The highest BCUT2D eigenvalue weighted by Gasteiger charge is 2.43. The molecule has 57 heavy (non-hydrogen) atoms. The molecule has 0 radical (unpaired) electrons. The number of benzene rings is 4. The van der Waals surface area contributed by atoms with E-state index >= 15 is 0 Å². The van der Waals surface area contributed by atoms with Crippen molar-refractivity contribution in [2.75, 3.05) is 6.61 Å². The van der Waals surface area contributed by atoms with Crippen LogP contribution >= 0.6 is 0 Å². The van der Waals surface area contributed by atoms with Crippen LogP contribution in [0, 0.1) is 16.0 Å². The van der Waals surface area contributed by atoms with Crippen molar-refractivity contribution < 1.29 is 49.8 Å². The molecule has 0 unspecified atom stereocenters. The second-order valence-corrected chi connectivity index (χ2v) is 17.0. The third kappa shape index (κ3) is 11.9. The summed E-state index contributed by atoms with van der Waals surface area (Å²) in [6.45, 7) is 9.59. The SMILES string of the molecule is CC(C)(C)OC(=O)[C@@H](CCCOS(=O)(=O)c1ccc([N+](=O)[O-])c(C(F)(F)F)c1)C[C@H](NC(c1ccccc1)(c1ccccc1)c1ccccc1)C(=O)OC(C)(C)C. The summed E-state index contributed by atoms with van der Waals surface area (Å²) in [7, 11) is -4.83. The van der Waals surface area contributed by atoms with Crippen LogP contribution < -0.4 is 5.32 Å². The van der Waals surface area contributed by atoms with Crippen molar-refractivity contribution in [1.82, 2.24) is 5.32 Å². The number of hydrogen-bond acceptors (Lipinski definition) is 10. The minimum absolute atomic E-state index is 0.0749. The van der Waals surface area contributed by atoms with E-state index in [4.69, 9.17) is 13.7 Å². The van der Waals surface area contributed by atoms with Gasteiger partial charge in [0.2, 0.25) is 0 Å². The van der Waals surface area contributed by atoms with Gasteiger partial charge in [-0.05, 0) is 89.6 Å². The van der Waals surface area contributed by atoms with Gasteiger partial charge in [0.1, 0.15) is 22.8 Å². The third-order valence-corrected chi connectivity index (χ3v) is 9.97. The van der Waals surface area contributed by atoms with Crippen molar-refractivity contribution in [3.63, 3.8) is 0 Å². The smallest absolute Gasteiger partial charge is 0.423 e. The number of nitrogens with zero attached hydrogens (tertiary/aromatic N) is 1. The van der Waals surface area contributed by atoms with Gasteiger partial charge in [0.25, 0.3) is 15.8 Å². The highest BCUT2D eigenvalue weighted by Crippen LogP contribution is 2.39. The lowest BCUT2D eigenvalue weighted by atomic mass is 9.76. The van der Waals surface area contributed by atoms with E-state index in [0.717, 1.165) is 16.7 Å². The summed E-state index contributed by atoms with van der Waals surface area (Å²) in [6.07, 6.45) is -5.59. The van der Waals surface area contributed by atoms with Crippen molar-refractivity contribution >= 4 is 27.7 Å². The fourth-order valence-electron chi connectivity index (χ4n) is 6.29. The van der Waals surface area contributed by atoms with Crippen molar-refractivity contribution in [3.8, 4) is 0 Å². The van der Waals surface area contributed by atoms with E-state index in [0.29, 0.717) is 12.1 Å². The molecule has 4 rings (SSSR count). The van der Waals surface area contributed by atoms with Gasteiger partial charge < -0.3 is 9.47 Å². The number of rotatable bonds is 16. The van der Waals surface area contributed by atoms with Gasteiger partial charge in [0, 0.05) is 6.07 Å². The average molecular weight is 813 g/mol. The van der Waals surface area contributed by atoms with Crippen LogP contribution in [0.3, 0.4) is 0 Å². The van der Waals surface area contributed by atoms with Crippen LogP contribution in [0.5, 0.6) is 0 Å². The number of carbonyl (C=O) groups excluding carboxylic acids is 2. The maximum absolute atomic E-state index is 14.3. The lowest BCUT2D eigenvalue weighted by molar-refractivity contribution is -0.388. The van der Waals surface area contributed by atoms with Crippen LogP contribution in [0.25, 0.3) is 0 Å². The topological polar surface area (TPSA) is 151 Å². The molecule has 0 aliphatic carbocycles. The molecular weight excluding hydrogens is 766 g/mol. The molecule has 0 amide bonds. The van der Waals surface area contributed by atoms with Gasteiger partial charge in [-0.1, -0.05) is 91.0 Å². The molecule has 0 saturated heterocycles. The summed E-state index contributed by atoms with van der Waals surface area (Å²) in [4.78, 5) is 37.2. The molecule has 0 bridgehead atoms. The standard InChI is InChI=1S/C42H47F3N2O9S/c1-39(2,3)55-37(48)29(17-16-26-54-57(52,53)33-24-25-36(47(50)51)34(28-33)42(43,44)45)27-35(38(49)56-40(4,5)6)46-41(30-18-10-7-11-19-30,31-20-12-8-13-21-31)32-22-14-9-15-23-32/h7-15,18-25,28-29,35,46H,16-17,26-27H2,1-6H3/t29-,35-/m0/s1. The van der Waals surface area contributed by atoms with Gasteiger partial charge in [-0.2, -0.15) is 21.6 Å². The first kappa shape index (κ1) is 44.6. The van der Waals surface area contributed by atoms with Crippen molar-refractivity contribution in [1.29, 1.82) is 0 Å². The average Bonchev–Trinajstić information content (AvgIpc) is 3.13. The first-order valence-electron chi connectivity index (χ1n) is 18.2. The van der Waals surface area contributed by atoms with E-state index in [1.54, 1.807) is 41.5 Å². The van der Waals surface area contributed by atoms with E-state index in [2.05, 4.69) is 5.32 Å². The van der Waals surface area contributed by atoms with Gasteiger partial charge in [-0.15, -0.1) is 0 Å². The number of nitro groups is 1. The fraction of sp³-hybridized carbons (Fsp3) is 0.381. The lowest BCUT2D eigenvalue weighted by Gasteiger charge is -2.40. The van der Waals surface area contributed by atoms with Gasteiger partial charge >= 0.3 is 18.1 Å². The molecule has 4 aromatic carbocycles. The normalized spacial score (nSPS) is 13.7. The van der Waals surface area contributed by atoms with Gasteiger partial charge in [-0.25, -0.2) is 0 Å². The zero-order valence-electron chi connectivity index (χ0n) is 32.5. The molecule has 0 spiro atoms. The Labute approximate surface area is 330 Å². The maximum Gasteiger partial charge on any atom is 0.423 e. The maximum atomic E-state index is 14.3. The van der Waals surface area contributed by atoms with E-state index in [1.165, 1.54) is 0 Å². The lowest BCUT2D eigenvalue weighted by Crippen LogP contribution is -2.54. The van der Waals surface area contributed by atoms with E-state index in [-0.39, 0.29) is 25.3 Å². The Bertz CT molecular complexity index is 2010. The summed E-state index contributed by atoms with van der Waals surface area (Å²) in [5.41, 5.74) is -3.76. The Balaban J connectivity index is 1.72. The second-order valence-electron chi connectivity index (χ2n) is 15.4. The molecule has 0 fully saturated rings. The number of nitro benzene ring substituents is 1. The molecule has 15 heteroatoms. The number of nitrogens with one attached hydrogen (secondary N) is 1. The van der Waals surface area contributed by atoms with Crippen LogP contribution in [0.1, 0.15) is 83.1 Å². The number of ether oxygens (including phenoxy) is 2. The summed E-state index contributed by atoms with van der Waals surface area (Å²) < 4.78 is 83.5. The predicted molar refractivity (Wildman–Crippen MR) is 206 cm³/mol. The zero-order chi connectivity index (χ0) is 42.2. The fourth-order valence-corrected chi connectivity index (χ4v) is 7.26. The van der Waals surface area contributed by atoms with Crippen LogP contribution in [0.4, 0.5) is 18.9 Å². The quantitative estimate of drug-likeness (QED) is 0.0291. The number of carbonyl (C=O) groups is 2. The largest absolute Gasteiger partial charge is 0.460 e. The molecule has 1 N–H and O–H groups in total. The molecule has 2 atom stereocenters. The molecule has 0 aliphatic heterocycles. The number of alkyl halides is 3. The Kier molecular flexibility index (Phi) is 14.1. The number of esters is 2. The molecule has 11 nitrogen and oxygen atoms in total. The van der Waals surface area contributed by atoms with Crippen LogP contribution in [0.15, 0.2) is 114 Å². The molecule has 0 aliphatic rings. The Morgan fingerprint density at radius 3 is 1.61 bits per heavy atom. The Morgan fingerprint density at radius 2 is 1.19 bits per heavy atom. The summed E-state index contributed by atoms with van der Waals surface area (Å²) in [5, 5.41) is 14.8. The minimum Gasteiger partial charge on any atom is -0.460 e. The molecule has 0 heterocycles. The Hall–Kier alpha value is -5.12. The first-order valence-corrected chi connectivity index (χ1v) is 19.6. The van der Waals surface area contributed by atoms with Crippen LogP contribution in [-0.2, 0) is 45.1 Å². The van der Waals surface area contributed by atoms with E-state index in [9.17, 15) is 41.3 Å². The highest BCUT2D eigenvalue weighted by molar-refractivity contribution is 7.86. The van der Waals surface area contributed by atoms with Crippen LogP contribution in [-0.4, -0.2) is 49.1 Å². The summed E-state index contributed by atoms with van der Waals surface area (Å²) >= 11 is 0. The van der Waals surface area contributed by atoms with E-state index < -0.39 is 84.6 Å². The van der Waals surface area contributed by atoms with Gasteiger partial charge in [0.15, 0.2) is 0 Å². The molecule has 4 aromatic rings.